The van der Waals surface area contributed by atoms with Gasteiger partial charge in [-0.25, -0.2) is 0 Å². The van der Waals surface area contributed by atoms with Crippen LogP contribution < -0.4 is 11.1 Å². The zero-order chi connectivity index (χ0) is 14.5. The molecule has 2 aromatic carbocycles. The van der Waals surface area contributed by atoms with Gasteiger partial charge in [-0.05, 0) is 30.2 Å². The van der Waals surface area contributed by atoms with E-state index in [2.05, 4.69) is 5.32 Å². The minimum atomic E-state index is -0.320. The Bertz CT molecular complexity index is 599. The minimum absolute atomic E-state index is 0.145. The number of hydrogen-bond donors (Lipinski definition) is 2. The normalized spacial score (nSPS) is 11.9. The molecule has 0 bridgehead atoms. The number of nitrogens with two attached hydrogens (primary N) is 1. The zero-order valence-corrected chi connectivity index (χ0v) is 12.0. The summed E-state index contributed by atoms with van der Waals surface area (Å²) in [6.07, 6.45) is 0.217. The fourth-order valence-corrected chi connectivity index (χ4v) is 2.12. The summed E-state index contributed by atoms with van der Waals surface area (Å²) in [7, 11) is 0. The van der Waals surface area contributed by atoms with Crippen molar-refractivity contribution in [2.24, 2.45) is 5.73 Å². The summed E-state index contributed by atoms with van der Waals surface area (Å²) in [5.74, 6) is -0.145. The van der Waals surface area contributed by atoms with Crippen molar-refractivity contribution in [3.63, 3.8) is 0 Å². The van der Waals surface area contributed by atoms with Gasteiger partial charge < -0.3 is 11.1 Å². The van der Waals surface area contributed by atoms with Gasteiger partial charge in [0.2, 0.25) is 5.91 Å². The Morgan fingerprint density at radius 2 is 1.95 bits per heavy atom. The Balaban J connectivity index is 2.01. The SMILES string of the molecule is Cc1ccc(Cl)c(NC(=O)CC(N)c2ccccc2)c1. The number of nitrogens with one attached hydrogen (secondary N) is 1. The molecule has 0 aliphatic carbocycles. The van der Waals surface area contributed by atoms with Crippen LogP contribution >= 0.6 is 11.6 Å². The van der Waals surface area contributed by atoms with Crippen LogP contribution in [0.25, 0.3) is 0 Å². The molecule has 0 spiro atoms. The van der Waals surface area contributed by atoms with E-state index in [-0.39, 0.29) is 18.4 Å². The second kappa shape index (κ2) is 6.55. The molecule has 1 atom stereocenters. The molecule has 0 saturated heterocycles. The standard InChI is InChI=1S/C16H17ClN2O/c1-11-7-8-13(17)15(9-11)19-16(20)10-14(18)12-5-3-2-4-6-12/h2-9,14H,10,18H2,1H3,(H,19,20). The largest absolute Gasteiger partial charge is 0.325 e. The topological polar surface area (TPSA) is 55.1 Å². The maximum atomic E-state index is 12.0. The summed E-state index contributed by atoms with van der Waals surface area (Å²) < 4.78 is 0. The first-order valence-electron chi connectivity index (χ1n) is 6.43. The van der Waals surface area contributed by atoms with Crippen molar-refractivity contribution < 1.29 is 4.79 Å². The van der Waals surface area contributed by atoms with Crippen molar-refractivity contribution in [1.29, 1.82) is 0 Å². The minimum Gasteiger partial charge on any atom is -0.325 e. The molecule has 0 saturated carbocycles. The van der Waals surface area contributed by atoms with Gasteiger partial charge in [0.1, 0.15) is 0 Å². The summed E-state index contributed by atoms with van der Waals surface area (Å²) >= 11 is 6.05. The van der Waals surface area contributed by atoms with E-state index in [1.165, 1.54) is 0 Å². The quantitative estimate of drug-likeness (QED) is 0.902. The molecule has 0 fully saturated rings. The van der Waals surface area contributed by atoms with Crippen molar-refractivity contribution in [1.82, 2.24) is 0 Å². The number of benzene rings is 2. The summed E-state index contributed by atoms with van der Waals surface area (Å²) in [4.78, 5) is 12.0. The number of halogens is 1. The number of aryl methyl sites for hydroxylation is 1. The molecule has 0 aliphatic heterocycles. The van der Waals surface area contributed by atoms with Crippen molar-refractivity contribution >= 4 is 23.2 Å². The summed E-state index contributed by atoms with van der Waals surface area (Å²) in [5, 5.41) is 3.33. The maximum absolute atomic E-state index is 12.0. The van der Waals surface area contributed by atoms with Crippen LogP contribution in [0, 0.1) is 6.92 Å². The molecule has 4 heteroatoms. The van der Waals surface area contributed by atoms with Crippen LogP contribution in [-0.4, -0.2) is 5.91 Å². The molecule has 104 valence electrons. The Labute approximate surface area is 123 Å². The van der Waals surface area contributed by atoms with E-state index in [1.54, 1.807) is 6.07 Å². The van der Waals surface area contributed by atoms with Gasteiger partial charge in [0, 0.05) is 12.5 Å². The van der Waals surface area contributed by atoms with Crippen LogP contribution in [0.3, 0.4) is 0 Å². The highest BCUT2D eigenvalue weighted by molar-refractivity contribution is 6.33. The summed E-state index contributed by atoms with van der Waals surface area (Å²) in [5.41, 5.74) is 8.63. The van der Waals surface area contributed by atoms with Crippen molar-refractivity contribution in [2.45, 2.75) is 19.4 Å². The van der Waals surface area contributed by atoms with Crippen LogP contribution in [0.2, 0.25) is 5.02 Å². The van der Waals surface area contributed by atoms with E-state index in [0.717, 1.165) is 11.1 Å². The van der Waals surface area contributed by atoms with Crippen LogP contribution in [0.15, 0.2) is 48.5 Å². The van der Waals surface area contributed by atoms with E-state index >= 15 is 0 Å². The lowest BCUT2D eigenvalue weighted by Crippen LogP contribution is -2.20. The molecule has 0 aromatic heterocycles. The van der Waals surface area contributed by atoms with Crippen LogP contribution in [0.5, 0.6) is 0 Å². The lowest BCUT2D eigenvalue weighted by molar-refractivity contribution is -0.116. The third-order valence-corrected chi connectivity index (χ3v) is 3.36. The van der Waals surface area contributed by atoms with E-state index < -0.39 is 0 Å². The van der Waals surface area contributed by atoms with Crippen LogP contribution in [-0.2, 0) is 4.79 Å². The molecule has 0 heterocycles. The van der Waals surface area contributed by atoms with Gasteiger partial charge in [0.15, 0.2) is 0 Å². The van der Waals surface area contributed by atoms with Gasteiger partial charge in [-0.1, -0.05) is 48.0 Å². The number of amides is 1. The first-order valence-corrected chi connectivity index (χ1v) is 6.80. The molecular weight excluding hydrogens is 272 g/mol. The molecule has 2 aromatic rings. The van der Waals surface area contributed by atoms with E-state index in [4.69, 9.17) is 17.3 Å². The third kappa shape index (κ3) is 3.83. The second-order valence-corrected chi connectivity index (χ2v) is 5.16. The highest BCUT2D eigenvalue weighted by Gasteiger charge is 2.12. The van der Waals surface area contributed by atoms with Crippen molar-refractivity contribution in [2.75, 3.05) is 5.32 Å². The van der Waals surface area contributed by atoms with Gasteiger partial charge in [-0.2, -0.15) is 0 Å². The third-order valence-electron chi connectivity index (χ3n) is 3.03. The highest BCUT2D eigenvalue weighted by atomic mass is 35.5. The molecule has 2 rings (SSSR count). The fraction of sp³-hybridized carbons (Fsp3) is 0.188. The van der Waals surface area contributed by atoms with E-state index in [0.29, 0.717) is 10.7 Å². The lowest BCUT2D eigenvalue weighted by atomic mass is 10.0. The van der Waals surface area contributed by atoms with Gasteiger partial charge in [0.25, 0.3) is 0 Å². The second-order valence-electron chi connectivity index (χ2n) is 4.75. The summed E-state index contributed by atoms with van der Waals surface area (Å²) in [6, 6.07) is 14.7. The maximum Gasteiger partial charge on any atom is 0.226 e. The number of rotatable bonds is 4. The van der Waals surface area contributed by atoms with Gasteiger partial charge in [0.05, 0.1) is 10.7 Å². The number of carbonyl (C=O) groups excluding carboxylic acids is 1. The van der Waals surface area contributed by atoms with E-state index in [9.17, 15) is 4.79 Å². The van der Waals surface area contributed by atoms with E-state index in [1.807, 2.05) is 49.4 Å². The molecule has 0 radical (unpaired) electrons. The first kappa shape index (κ1) is 14.6. The first-order chi connectivity index (χ1) is 9.56. The zero-order valence-electron chi connectivity index (χ0n) is 11.3. The monoisotopic (exact) mass is 288 g/mol. The Kier molecular flexibility index (Phi) is 4.77. The average Bonchev–Trinajstić information content (AvgIpc) is 2.43. The average molecular weight is 289 g/mol. The highest BCUT2D eigenvalue weighted by Crippen LogP contribution is 2.23. The molecule has 20 heavy (non-hydrogen) atoms. The Hall–Kier alpha value is -1.84. The molecule has 0 aliphatic rings. The van der Waals surface area contributed by atoms with Crippen molar-refractivity contribution in [3.8, 4) is 0 Å². The summed E-state index contributed by atoms with van der Waals surface area (Å²) in [6.45, 7) is 1.95. The van der Waals surface area contributed by atoms with Crippen LogP contribution in [0.1, 0.15) is 23.6 Å². The fourth-order valence-electron chi connectivity index (χ4n) is 1.95. The van der Waals surface area contributed by atoms with Gasteiger partial charge in [-0.3, -0.25) is 4.79 Å². The van der Waals surface area contributed by atoms with Crippen molar-refractivity contribution in [3.05, 3.63) is 64.7 Å². The molecule has 3 nitrogen and oxygen atoms in total. The number of carbonyl (C=O) groups is 1. The van der Waals surface area contributed by atoms with Crippen LogP contribution in [0.4, 0.5) is 5.69 Å². The molecular formula is C16H17ClN2O. The van der Waals surface area contributed by atoms with Gasteiger partial charge in [-0.15, -0.1) is 0 Å². The number of hydrogen-bond acceptors (Lipinski definition) is 2. The number of anilines is 1. The lowest BCUT2D eigenvalue weighted by Gasteiger charge is -2.13. The molecule has 3 N–H and O–H groups in total. The smallest absolute Gasteiger partial charge is 0.226 e. The predicted molar refractivity (Wildman–Crippen MR) is 82.8 cm³/mol. The van der Waals surface area contributed by atoms with Gasteiger partial charge >= 0.3 is 0 Å². The molecule has 1 unspecified atom stereocenters. The Morgan fingerprint density at radius 3 is 2.65 bits per heavy atom. The molecule has 1 amide bonds. The predicted octanol–water partition coefficient (Wildman–Crippen LogP) is 3.68. The Morgan fingerprint density at radius 1 is 1.25 bits per heavy atom.